The van der Waals surface area contributed by atoms with Gasteiger partial charge in [-0.05, 0) is 31.4 Å². The van der Waals surface area contributed by atoms with Crippen LogP contribution in [0.25, 0.3) is 0 Å². The fourth-order valence-corrected chi connectivity index (χ4v) is 2.29. The Hall–Kier alpha value is -1.91. The SMILES string of the molecule is CCNC(=NCc1ccc(OC)cc1OC)NCCC1CC1. The molecule has 0 heterocycles. The summed E-state index contributed by atoms with van der Waals surface area (Å²) in [5.41, 5.74) is 1.04. The average molecular weight is 305 g/mol. The van der Waals surface area contributed by atoms with Gasteiger partial charge in [0.15, 0.2) is 5.96 Å². The van der Waals surface area contributed by atoms with Crippen molar-refractivity contribution in [1.29, 1.82) is 0 Å². The Morgan fingerprint density at radius 3 is 2.68 bits per heavy atom. The van der Waals surface area contributed by atoms with Gasteiger partial charge in [0.1, 0.15) is 11.5 Å². The molecule has 0 radical (unpaired) electrons. The van der Waals surface area contributed by atoms with Crippen LogP contribution in [0.3, 0.4) is 0 Å². The highest BCUT2D eigenvalue weighted by atomic mass is 16.5. The summed E-state index contributed by atoms with van der Waals surface area (Å²) in [7, 11) is 3.32. The average Bonchev–Trinajstić information content (AvgIpc) is 3.36. The number of aliphatic imine (C=N–C) groups is 1. The lowest BCUT2D eigenvalue weighted by Gasteiger charge is -2.12. The molecule has 1 aromatic rings. The molecular weight excluding hydrogens is 278 g/mol. The van der Waals surface area contributed by atoms with Crippen molar-refractivity contribution in [3.63, 3.8) is 0 Å². The molecule has 5 nitrogen and oxygen atoms in total. The highest BCUT2D eigenvalue weighted by Crippen LogP contribution is 2.31. The standard InChI is InChI=1S/C17H27N3O2/c1-4-18-17(19-10-9-13-5-6-13)20-12-14-7-8-15(21-2)11-16(14)22-3/h7-8,11,13H,4-6,9-10,12H2,1-3H3,(H2,18,19,20). The van der Waals surface area contributed by atoms with Crippen molar-refractivity contribution in [3.05, 3.63) is 23.8 Å². The number of methoxy groups -OCH3 is 2. The van der Waals surface area contributed by atoms with Crippen LogP contribution in [0.15, 0.2) is 23.2 Å². The van der Waals surface area contributed by atoms with Gasteiger partial charge in [-0.3, -0.25) is 0 Å². The quantitative estimate of drug-likeness (QED) is 0.572. The van der Waals surface area contributed by atoms with Crippen molar-refractivity contribution in [2.45, 2.75) is 32.7 Å². The smallest absolute Gasteiger partial charge is 0.191 e. The maximum Gasteiger partial charge on any atom is 0.191 e. The molecule has 0 unspecified atom stereocenters. The van der Waals surface area contributed by atoms with Gasteiger partial charge in [0.25, 0.3) is 0 Å². The van der Waals surface area contributed by atoms with E-state index in [1.807, 2.05) is 18.2 Å². The molecule has 2 rings (SSSR count). The first-order valence-electron chi connectivity index (χ1n) is 8.00. The third kappa shape index (κ3) is 5.13. The zero-order valence-electron chi connectivity index (χ0n) is 13.8. The number of rotatable bonds is 8. The fraction of sp³-hybridized carbons (Fsp3) is 0.588. The van der Waals surface area contributed by atoms with E-state index in [2.05, 4.69) is 22.5 Å². The first-order chi connectivity index (χ1) is 10.8. The second kappa shape index (κ2) is 8.51. The summed E-state index contributed by atoms with van der Waals surface area (Å²) >= 11 is 0. The Balaban J connectivity index is 1.95. The zero-order chi connectivity index (χ0) is 15.8. The van der Waals surface area contributed by atoms with Gasteiger partial charge in [-0.25, -0.2) is 4.99 Å². The molecule has 1 aliphatic rings. The lowest BCUT2D eigenvalue weighted by atomic mass is 10.2. The minimum absolute atomic E-state index is 0.575. The Labute approximate surface area is 133 Å². The molecular formula is C17H27N3O2. The third-order valence-electron chi connectivity index (χ3n) is 3.79. The van der Waals surface area contributed by atoms with Gasteiger partial charge >= 0.3 is 0 Å². The summed E-state index contributed by atoms with van der Waals surface area (Å²) in [6.45, 7) is 4.49. The van der Waals surface area contributed by atoms with Gasteiger partial charge in [-0.15, -0.1) is 0 Å². The molecule has 0 aromatic heterocycles. The van der Waals surface area contributed by atoms with E-state index in [0.29, 0.717) is 6.54 Å². The second-order valence-corrected chi connectivity index (χ2v) is 5.53. The Morgan fingerprint density at radius 1 is 1.23 bits per heavy atom. The van der Waals surface area contributed by atoms with E-state index in [-0.39, 0.29) is 0 Å². The molecule has 22 heavy (non-hydrogen) atoms. The number of nitrogens with zero attached hydrogens (tertiary/aromatic N) is 1. The summed E-state index contributed by atoms with van der Waals surface area (Å²) in [6.07, 6.45) is 4.01. The number of benzene rings is 1. The van der Waals surface area contributed by atoms with Crippen LogP contribution < -0.4 is 20.1 Å². The number of guanidine groups is 1. The Kier molecular flexibility index (Phi) is 6.37. The van der Waals surface area contributed by atoms with Crippen molar-refractivity contribution in [3.8, 4) is 11.5 Å². The molecule has 0 spiro atoms. The minimum Gasteiger partial charge on any atom is -0.497 e. The molecule has 1 aliphatic carbocycles. The van der Waals surface area contributed by atoms with Gasteiger partial charge in [0.05, 0.1) is 20.8 Å². The van der Waals surface area contributed by atoms with Gasteiger partial charge in [-0.1, -0.05) is 12.8 Å². The molecule has 1 saturated carbocycles. The topological polar surface area (TPSA) is 54.9 Å². The third-order valence-corrected chi connectivity index (χ3v) is 3.79. The van der Waals surface area contributed by atoms with Gasteiger partial charge in [0.2, 0.25) is 0 Å². The lowest BCUT2D eigenvalue weighted by Crippen LogP contribution is -2.37. The van der Waals surface area contributed by atoms with Gasteiger partial charge in [0, 0.05) is 24.7 Å². The van der Waals surface area contributed by atoms with Gasteiger partial charge < -0.3 is 20.1 Å². The van der Waals surface area contributed by atoms with Crippen LogP contribution in [0.1, 0.15) is 31.7 Å². The van der Waals surface area contributed by atoms with E-state index in [0.717, 1.165) is 42.0 Å². The first-order valence-corrected chi connectivity index (χ1v) is 8.00. The Morgan fingerprint density at radius 2 is 2.05 bits per heavy atom. The van der Waals surface area contributed by atoms with Crippen LogP contribution in [0.5, 0.6) is 11.5 Å². The maximum atomic E-state index is 5.41. The highest BCUT2D eigenvalue weighted by molar-refractivity contribution is 5.79. The van der Waals surface area contributed by atoms with E-state index in [9.17, 15) is 0 Å². The monoisotopic (exact) mass is 305 g/mol. The molecule has 0 bridgehead atoms. The molecule has 2 N–H and O–H groups in total. The number of ether oxygens (including phenoxy) is 2. The second-order valence-electron chi connectivity index (χ2n) is 5.53. The lowest BCUT2D eigenvalue weighted by molar-refractivity contribution is 0.391. The van der Waals surface area contributed by atoms with Crippen LogP contribution in [-0.4, -0.2) is 33.3 Å². The number of hydrogen-bond donors (Lipinski definition) is 2. The zero-order valence-corrected chi connectivity index (χ0v) is 13.8. The number of hydrogen-bond acceptors (Lipinski definition) is 3. The molecule has 0 aliphatic heterocycles. The number of nitrogens with one attached hydrogen (secondary N) is 2. The fourth-order valence-electron chi connectivity index (χ4n) is 2.29. The van der Waals surface area contributed by atoms with Crippen LogP contribution in [0, 0.1) is 5.92 Å². The predicted octanol–water partition coefficient (Wildman–Crippen LogP) is 2.56. The van der Waals surface area contributed by atoms with Crippen LogP contribution in [0.4, 0.5) is 0 Å². The van der Waals surface area contributed by atoms with Crippen LogP contribution >= 0.6 is 0 Å². The van der Waals surface area contributed by atoms with E-state index in [1.165, 1.54) is 19.3 Å². The molecule has 1 fully saturated rings. The van der Waals surface area contributed by atoms with Crippen LogP contribution in [-0.2, 0) is 6.54 Å². The summed E-state index contributed by atoms with van der Waals surface area (Å²) in [4.78, 5) is 4.64. The molecule has 0 amide bonds. The van der Waals surface area contributed by atoms with Crippen molar-refractivity contribution in [2.75, 3.05) is 27.3 Å². The van der Waals surface area contributed by atoms with Crippen molar-refractivity contribution >= 4 is 5.96 Å². The van der Waals surface area contributed by atoms with Crippen LogP contribution in [0.2, 0.25) is 0 Å². The Bertz CT molecular complexity index is 499. The van der Waals surface area contributed by atoms with Gasteiger partial charge in [-0.2, -0.15) is 0 Å². The minimum atomic E-state index is 0.575. The predicted molar refractivity (Wildman–Crippen MR) is 89.7 cm³/mol. The molecule has 1 aromatic carbocycles. The van der Waals surface area contributed by atoms with Crippen molar-refractivity contribution < 1.29 is 9.47 Å². The van der Waals surface area contributed by atoms with Crippen molar-refractivity contribution in [1.82, 2.24) is 10.6 Å². The van der Waals surface area contributed by atoms with E-state index in [4.69, 9.17) is 9.47 Å². The molecule has 0 atom stereocenters. The molecule has 5 heteroatoms. The van der Waals surface area contributed by atoms with E-state index in [1.54, 1.807) is 14.2 Å². The summed E-state index contributed by atoms with van der Waals surface area (Å²) in [5.74, 6) is 3.38. The highest BCUT2D eigenvalue weighted by Gasteiger charge is 2.20. The van der Waals surface area contributed by atoms with E-state index < -0.39 is 0 Å². The summed E-state index contributed by atoms with van der Waals surface area (Å²) < 4.78 is 10.6. The van der Waals surface area contributed by atoms with E-state index >= 15 is 0 Å². The summed E-state index contributed by atoms with van der Waals surface area (Å²) in [5, 5.41) is 6.68. The maximum absolute atomic E-state index is 5.41. The molecule has 0 saturated heterocycles. The normalized spacial score (nSPS) is 14.6. The summed E-state index contributed by atoms with van der Waals surface area (Å²) in [6, 6.07) is 5.81. The first kappa shape index (κ1) is 16.5. The van der Waals surface area contributed by atoms with Crippen molar-refractivity contribution in [2.24, 2.45) is 10.9 Å². The largest absolute Gasteiger partial charge is 0.497 e. The molecule has 122 valence electrons.